The number of aliphatic hydroxyl groups excluding tert-OH is 1. The zero-order valence-corrected chi connectivity index (χ0v) is 13.1. The van der Waals surface area contributed by atoms with E-state index >= 15 is 0 Å². The van der Waals surface area contributed by atoms with E-state index in [0.717, 1.165) is 37.2 Å². The molecule has 1 aliphatic rings. The van der Waals surface area contributed by atoms with Gasteiger partial charge in [0.05, 0.1) is 18.3 Å². The summed E-state index contributed by atoms with van der Waals surface area (Å²) in [5.41, 5.74) is 1.88. The van der Waals surface area contributed by atoms with Crippen LogP contribution in [0.4, 0.5) is 15.9 Å². The third-order valence-corrected chi connectivity index (χ3v) is 4.19. The van der Waals surface area contributed by atoms with Crippen LogP contribution in [0, 0.1) is 5.82 Å². The molecule has 0 bridgehead atoms. The summed E-state index contributed by atoms with van der Waals surface area (Å²) in [6.45, 7) is 3.53. The minimum absolute atomic E-state index is 0.107. The van der Waals surface area contributed by atoms with Crippen LogP contribution in [-0.4, -0.2) is 34.3 Å². The second-order valence-corrected chi connectivity index (χ2v) is 5.88. The number of rotatable bonds is 4. The van der Waals surface area contributed by atoms with E-state index in [0.29, 0.717) is 5.82 Å². The Balaban J connectivity index is 1.84. The number of aliphatic hydroxyl groups is 1. The van der Waals surface area contributed by atoms with Crippen molar-refractivity contribution in [2.75, 3.05) is 23.3 Å². The molecule has 6 heteroatoms. The standard InChI is InChI=1S/C17H21FN4O/c1-12(21-17-11-19-6-7-20-17)15-10-13(18)2-3-16(15)22-8-4-14(23)5-9-22/h2-3,6-7,10-12,14,23H,4-5,8-9H2,1H3,(H,20,21). The Bertz CT molecular complexity index is 644. The van der Waals surface area contributed by atoms with Gasteiger partial charge in [0, 0.05) is 36.7 Å². The van der Waals surface area contributed by atoms with Gasteiger partial charge in [-0.25, -0.2) is 9.37 Å². The molecular weight excluding hydrogens is 295 g/mol. The van der Waals surface area contributed by atoms with Crippen LogP contribution in [-0.2, 0) is 0 Å². The van der Waals surface area contributed by atoms with Crippen molar-refractivity contribution in [3.05, 3.63) is 48.2 Å². The second kappa shape index (κ2) is 6.91. The van der Waals surface area contributed by atoms with E-state index in [9.17, 15) is 9.50 Å². The first-order valence-corrected chi connectivity index (χ1v) is 7.88. The van der Waals surface area contributed by atoms with Gasteiger partial charge in [-0.15, -0.1) is 0 Å². The van der Waals surface area contributed by atoms with Crippen LogP contribution < -0.4 is 10.2 Å². The molecule has 0 spiro atoms. The molecule has 1 saturated heterocycles. The molecule has 2 heterocycles. The number of hydrogen-bond donors (Lipinski definition) is 2. The van der Waals surface area contributed by atoms with Gasteiger partial charge in [-0.05, 0) is 38.0 Å². The first-order valence-electron chi connectivity index (χ1n) is 7.88. The van der Waals surface area contributed by atoms with E-state index in [2.05, 4.69) is 20.2 Å². The molecule has 1 aromatic carbocycles. The molecule has 1 fully saturated rings. The molecule has 1 aliphatic heterocycles. The molecule has 0 saturated carbocycles. The normalized spacial score (nSPS) is 17.1. The van der Waals surface area contributed by atoms with Gasteiger partial charge in [-0.1, -0.05) is 0 Å². The van der Waals surface area contributed by atoms with Crippen LogP contribution in [0.15, 0.2) is 36.8 Å². The van der Waals surface area contributed by atoms with Crippen LogP contribution in [0.1, 0.15) is 31.4 Å². The van der Waals surface area contributed by atoms with Crippen LogP contribution in [0.25, 0.3) is 0 Å². The third kappa shape index (κ3) is 3.76. The Hall–Kier alpha value is -2.21. The number of nitrogens with one attached hydrogen (secondary N) is 1. The lowest BCUT2D eigenvalue weighted by Crippen LogP contribution is -2.36. The fraction of sp³-hybridized carbons (Fsp3) is 0.412. The lowest BCUT2D eigenvalue weighted by atomic mass is 10.0. The van der Waals surface area contributed by atoms with Crippen molar-refractivity contribution in [2.45, 2.75) is 31.9 Å². The second-order valence-electron chi connectivity index (χ2n) is 5.88. The summed E-state index contributed by atoms with van der Waals surface area (Å²) in [4.78, 5) is 10.4. The molecule has 23 heavy (non-hydrogen) atoms. The summed E-state index contributed by atoms with van der Waals surface area (Å²) in [6, 6.07) is 4.76. The maximum atomic E-state index is 13.8. The van der Waals surface area contributed by atoms with E-state index in [1.54, 1.807) is 24.7 Å². The van der Waals surface area contributed by atoms with Crippen molar-refractivity contribution in [3.63, 3.8) is 0 Å². The summed E-state index contributed by atoms with van der Waals surface area (Å²) in [5.74, 6) is 0.401. The van der Waals surface area contributed by atoms with Crippen molar-refractivity contribution >= 4 is 11.5 Å². The summed E-state index contributed by atoms with van der Waals surface area (Å²) >= 11 is 0. The Morgan fingerprint density at radius 2 is 2.09 bits per heavy atom. The van der Waals surface area contributed by atoms with E-state index in [4.69, 9.17) is 0 Å². The SMILES string of the molecule is CC(Nc1cnccn1)c1cc(F)ccc1N1CCC(O)CC1. The summed E-state index contributed by atoms with van der Waals surface area (Å²) in [6.07, 6.45) is 6.12. The van der Waals surface area contributed by atoms with Crippen LogP contribution >= 0.6 is 0 Å². The summed E-state index contributed by atoms with van der Waals surface area (Å²) < 4.78 is 13.8. The first-order chi connectivity index (χ1) is 11.1. The fourth-order valence-corrected chi connectivity index (χ4v) is 2.94. The molecule has 2 N–H and O–H groups in total. The zero-order chi connectivity index (χ0) is 16.2. The fourth-order valence-electron chi connectivity index (χ4n) is 2.94. The average Bonchev–Trinajstić information content (AvgIpc) is 2.56. The number of halogens is 1. The molecule has 0 amide bonds. The molecule has 5 nitrogen and oxygen atoms in total. The maximum absolute atomic E-state index is 13.8. The largest absolute Gasteiger partial charge is 0.393 e. The van der Waals surface area contributed by atoms with Gasteiger partial charge in [0.1, 0.15) is 11.6 Å². The van der Waals surface area contributed by atoms with Crippen molar-refractivity contribution in [3.8, 4) is 0 Å². The maximum Gasteiger partial charge on any atom is 0.144 e. The quantitative estimate of drug-likeness (QED) is 0.908. The van der Waals surface area contributed by atoms with Gasteiger partial charge in [-0.2, -0.15) is 0 Å². The Morgan fingerprint density at radius 1 is 1.30 bits per heavy atom. The van der Waals surface area contributed by atoms with Gasteiger partial charge in [-0.3, -0.25) is 4.98 Å². The molecule has 1 unspecified atom stereocenters. The number of hydrogen-bond acceptors (Lipinski definition) is 5. The van der Waals surface area contributed by atoms with Crippen molar-refractivity contribution < 1.29 is 9.50 Å². The van der Waals surface area contributed by atoms with Crippen molar-refractivity contribution in [2.24, 2.45) is 0 Å². The number of anilines is 2. The number of piperidine rings is 1. The van der Waals surface area contributed by atoms with E-state index in [1.165, 1.54) is 6.07 Å². The Kier molecular flexibility index (Phi) is 4.71. The van der Waals surface area contributed by atoms with Gasteiger partial charge >= 0.3 is 0 Å². The monoisotopic (exact) mass is 316 g/mol. The molecule has 1 atom stereocenters. The highest BCUT2D eigenvalue weighted by Gasteiger charge is 2.21. The zero-order valence-electron chi connectivity index (χ0n) is 13.1. The van der Waals surface area contributed by atoms with Crippen molar-refractivity contribution in [1.29, 1.82) is 0 Å². The lowest BCUT2D eigenvalue weighted by Gasteiger charge is -2.34. The van der Waals surface area contributed by atoms with Gasteiger partial charge in [0.15, 0.2) is 0 Å². The minimum atomic E-state index is -0.256. The molecule has 0 aliphatic carbocycles. The molecule has 2 aromatic rings. The lowest BCUT2D eigenvalue weighted by molar-refractivity contribution is 0.145. The van der Waals surface area contributed by atoms with Gasteiger partial charge < -0.3 is 15.3 Å². The third-order valence-electron chi connectivity index (χ3n) is 4.19. The highest BCUT2D eigenvalue weighted by atomic mass is 19.1. The summed E-state index contributed by atoms with van der Waals surface area (Å²) in [5, 5.41) is 12.9. The predicted molar refractivity (Wildman–Crippen MR) is 87.9 cm³/mol. The van der Waals surface area contributed by atoms with Gasteiger partial charge in [0.2, 0.25) is 0 Å². The van der Waals surface area contributed by atoms with Crippen molar-refractivity contribution in [1.82, 2.24) is 9.97 Å². The molecule has 122 valence electrons. The van der Waals surface area contributed by atoms with E-state index < -0.39 is 0 Å². The topological polar surface area (TPSA) is 61.3 Å². The number of aromatic nitrogens is 2. The van der Waals surface area contributed by atoms with E-state index in [-0.39, 0.29) is 18.0 Å². The number of benzene rings is 1. The highest BCUT2D eigenvalue weighted by Crippen LogP contribution is 2.31. The first kappa shape index (κ1) is 15.7. The van der Waals surface area contributed by atoms with E-state index in [1.807, 2.05) is 13.0 Å². The summed E-state index contributed by atoms with van der Waals surface area (Å²) in [7, 11) is 0. The smallest absolute Gasteiger partial charge is 0.144 e. The number of nitrogens with zero attached hydrogens (tertiary/aromatic N) is 3. The Labute approximate surface area is 135 Å². The van der Waals surface area contributed by atoms with Crippen LogP contribution in [0.5, 0.6) is 0 Å². The molecular formula is C17H21FN4O. The van der Waals surface area contributed by atoms with Crippen LogP contribution in [0.3, 0.4) is 0 Å². The van der Waals surface area contributed by atoms with Gasteiger partial charge in [0.25, 0.3) is 0 Å². The predicted octanol–water partition coefficient (Wildman–Crippen LogP) is 2.75. The molecule has 3 rings (SSSR count). The average molecular weight is 316 g/mol. The Morgan fingerprint density at radius 3 is 2.78 bits per heavy atom. The van der Waals surface area contributed by atoms with Crippen LogP contribution in [0.2, 0.25) is 0 Å². The molecule has 1 aromatic heterocycles. The minimum Gasteiger partial charge on any atom is -0.393 e. The highest BCUT2D eigenvalue weighted by molar-refractivity contribution is 5.57. The molecule has 0 radical (unpaired) electrons.